The fraction of sp³-hybridized carbons (Fsp3) is 0.731. The van der Waals surface area contributed by atoms with E-state index < -0.39 is 0 Å². The molecule has 0 aromatic rings. The van der Waals surface area contributed by atoms with Crippen molar-refractivity contribution < 1.29 is 59.1 Å². The Balaban J connectivity index is 0.000000331. The van der Waals surface area contributed by atoms with Crippen molar-refractivity contribution in [3.63, 3.8) is 0 Å². The van der Waals surface area contributed by atoms with E-state index in [-0.39, 0.29) is 74.0 Å². The van der Waals surface area contributed by atoms with Gasteiger partial charge in [-0.3, -0.25) is 0 Å². The van der Waals surface area contributed by atoms with Gasteiger partial charge in [0.2, 0.25) is 0 Å². The molecule has 0 aromatic heterocycles. The van der Waals surface area contributed by atoms with E-state index in [9.17, 15) is 0 Å². The molecule has 0 aromatic carbocycles. The van der Waals surface area contributed by atoms with E-state index in [0.29, 0.717) is 0 Å². The minimum Gasteiger partial charge on any atom is -0.358 e. The quantitative estimate of drug-likeness (QED) is 0.125. The second-order valence-electron chi connectivity index (χ2n) is 18.4. The summed E-state index contributed by atoms with van der Waals surface area (Å²) in [7, 11) is 0. The maximum Gasteiger partial charge on any atom is 1.00 e. The summed E-state index contributed by atoms with van der Waals surface area (Å²) >= 11 is 0. The molecular weight excluding hydrogens is 671 g/mol. The summed E-state index contributed by atoms with van der Waals surface area (Å²) in [6.07, 6.45) is 53.2. The van der Waals surface area contributed by atoms with Crippen molar-refractivity contribution in [2.75, 3.05) is 0 Å². The van der Waals surface area contributed by atoms with Crippen molar-refractivity contribution in [1.82, 2.24) is 0 Å². The van der Waals surface area contributed by atoms with Crippen LogP contribution in [0.5, 0.6) is 0 Å². The van der Waals surface area contributed by atoms with E-state index in [1.54, 1.807) is 5.57 Å². The molecule has 0 aliphatic heterocycles. The zero-order valence-corrected chi connectivity index (χ0v) is 41.8. The van der Waals surface area contributed by atoms with Crippen LogP contribution >= 0.6 is 0 Å². The van der Waals surface area contributed by atoms with E-state index in [1.165, 1.54) is 122 Å². The Morgan fingerprint density at radius 3 is 1.30 bits per heavy atom. The molecule has 9 aliphatic rings. The molecule has 0 nitrogen and oxygen atoms in total. The van der Waals surface area contributed by atoms with E-state index in [2.05, 4.69) is 108 Å². The molecule has 296 valence electrons. The number of rotatable bonds is 9. The average Bonchev–Trinajstić information content (AvgIpc) is 4.00. The second-order valence-corrected chi connectivity index (χ2v) is 18.4. The fourth-order valence-electron chi connectivity index (χ4n) is 11.8. The van der Waals surface area contributed by atoms with Gasteiger partial charge in [0.05, 0.1) is 0 Å². The molecule has 4 saturated carbocycles. The molecule has 9 rings (SSSR count). The molecular formula is C52H86Na2. The largest absolute Gasteiger partial charge is 1.00 e. The summed E-state index contributed by atoms with van der Waals surface area (Å²) in [5.41, 5.74) is 1.61. The van der Waals surface area contributed by atoms with Crippen LogP contribution in [-0.4, -0.2) is 0 Å². The zero-order valence-electron chi connectivity index (χ0n) is 37.8. The monoisotopic (exact) mass is 757 g/mol. The van der Waals surface area contributed by atoms with E-state index >= 15 is 0 Å². The maximum absolute atomic E-state index is 2.44. The van der Waals surface area contributed by atoms with Crippen LogP contribution in [0.4, 0.5) is 0 Å². The van der Waals surface area contributed by atoms with Gasteiger partial charge in [0.15, 0.2) is 0 Å². The molecule has 0 radical (unpaired) electrons. The Kier molecular flexibility index (Phi) is 27.2. The van der Waals surface area contributed by atoms with Crippen molar-refractivity contribution in [2.45, 2.75) is 164 Å². The van der Waals surface area contributed by atoms with Crippen molar-refractivity contribution in [3.05, 3.63) is 87.3 Å². The number of hydrogen-bond donors (Lipinski definition) is 0. The Hall–Kier alpha value is 0.440. The van der Waals surface area contributed by atoms with Gasteiger partial charge in [0.25, 0.3) is 0 Å². The third-order valence-corrected chi connectivity index (χ3v) is 15.0. The van der Waals surface area contributed by atoms with Crippen LogP contribution in [0.3, 0.4) is 0 Å². The van der Waals surface area contributed by atoms with Gasteiger partial charge in [0, 0.05) is 0 Å². The number of fused-ring (bicyclic) bond motifs is 10. The van der Waals surface area contributed by atoms with Gasteiger partial charge in [0.1, 0.15) is 0 Å². The normalized spacial score (nSPS) is 32.4. The minimum atomic E-state index is 0. The number of hydrogen-bond acceptors (Lipinski definition) is 0. The van der Waals surface area contributed by atoms with Crippen molar-refractivity contribution in [3.8, 4) is 0 Å². The first kappa shape index (κ1) is 52.5. The van der Waals surface area contributed by atoms with Crippen LogP contribution in [0.1, 0.15) is 164 Å². The van der Waals surface area contributed by atoms with E-state index in [4.69, 9.17) is 0 Å². The predicted octanol–water partition coefficient (Wildman–Crippen LogP) is 10.2. The summed E-state index contributed by atoms with van der Waals surface area (Å²) in [6, 6.07) is 0. The molecule has 11 atom stereocenters. The van der Waals surface area contributed by atoms with Gasteiger partial charge in [-0.1, -0.05) is 197 Å². The molecule has 0 spiro atoms. The molecule has 4 fully saturated rings. The van der Waals surface area contributed by atoms with Crippen molar-refractivity contribution >= 4 is 0 Å². The first-order valence-electron chi connectivity index (χ1n) is 22.5. The molecule has 4 bridgehead atoms. The van der Waals surface area contributed by atoms with Gasteiger partial charge in [-0.2, -0.15) is 0 Å². The molecule has 0 N–H and O–H groups in total. The van der Waals surface area contributed by atoms with Gasteiger partial charge in [-0.15, -0.1) is 0 Å². The van der Waals surface area contributed by atoms with Gasteiger partial charge < -0.3 is 14.9 Å². The van der Waals surface area contributed by atoms with E-state index in [0.717, 1.165) is 76.9 Å². The standard InChI is InChI=1S/2C10H12.2C10H20.C10H16.2CH3.2Na/c2*1-2-9-7-4-5-8(6-7)10(9)3-1;3*1-3-6-9(2)10-7-4-5-8-10;;;;/h2*1-2,4-5,7-10H,3,6H2;2*9-10H,3-8H2,1-2H3;4-5,7,9H,3,6,8H2,1-2H3;2*1H3;;/q;;;;;2*-1;2*+1. The van der Waals surface area contributed by atoms with Gasteiger partial charge in [-0.25, -0.2) is 0 Å². The molecule has 0 saturated heterocycles. The zero-order chi connectivity index (χ0) is 35.3. The number of allylic oxidation sites excluding steroid dienone is 12. The van der Waals surface area contributed by atoms with Crippen molar-refractivity contribution in [1.29, 1.82) is 0 Å². The third kappa shape index (κ3) is 14.9. The fourth-order valence-corrected chi connectivity index (χ4v) is 11.8. The Bertz CT molecular complexity index is 1090. The van der Waals surface area contributed by atoms with Crippen LogP contribution in [0.25, 0.3) is 0 Å². The Labute approximate surface area is 383 Å². The van der Waals surface area contributed by atoms with Crippen molar-refractivity contribution in [2.24, 2.45) is 76.9 Å². The first-order valence-corrected chi connectivity index (χ1v) is 22.5. The summed E-state index contributed by atoms with van der Waals surface area (Å²) in [5.74, 6) is 12.6. The Morgan fingerprint density at radius 2 is 0.944 bits per heavy atom. The molecule has 0 heterocycles. The maximum atomic E-state index is 2.44. The summed E-state index contributed by atoms with van der Waals surface area (Å²) in [6.45, 7) is 14.0. The second kappa shape index (κ2) is 28.0. The predicted molar refractivity (Wildman–Crippen MR) is 234 cm³/mol. The van der Waals surface area contributed by atoms with Crippen LogP contribution in [0.2, 0.25) is 0 Å². The topological polar surface area (TPSA) is 0 Å². The van der Waals surface area contributed by atoms with Crippen LogP contribution in [0.15, 0.2) is 72.4 Å². The SMILES string of the molecule is C1=CC2C3C=CC(C3)C2C1.C1=CC2C3C=CC(C3)C2C1.CCCC(C)C1=CC=CC1.CCCC(C)C1CCCC1.CCCC(C)C1CCCC1.[CH3-].[CH3-].[Na+].[Na+]. The summed E-state index contributed by atoms with van der Waals surface area (Å²) in [4.78, 5) is 0. The summed E-state index contributed by atoms with van der Waals surface area (Å²) < 4.78 is 0. The Morgan fingerprint density at radius 1 is 0.537 bits per heavy atom. The van der Waals surface area contributed by atoms with Gasteiger partial charge >= 0.3 is 59.1 Å². The molecule has 11 unspecified atom stereocenters. The minimum absolute atomic E-state index is 0. The van der Waals surface area contributed by atoms with Crippen LogP contribution in [0, 0.1) is 91.8 Å². The van der Waals surface area contributed by atoms with Gasteiger partial charge in [-0.05, 0) is 115 Å². The molecule has 54 heavy (non-hydrogen) atoms. The molecule has 9 aliphatic carbocycles. The van der Waals surface area contributed by atoms with Crippen LogP contribution in [-0.2, 0) is 0 Å². The van der Waals surface area contributed by atoms with E-state index in [1.807, 2.05) is 0 Å². The summed E-state index contributed by atoms with van der Waals surface area (Å²) in [5, 5.41) is 0. The third-order valence-electron chi connectivity index (χ3n) is 15.0. The first-order chi connectivity index (χ1) is 24.4. The smallest absolute Gasteiger partial charge is 0.358 e. The molecule has 2 heteroatoms. The van der Waals surface area contributed by atoms with Crippen LogP contribution < -0.4 is 59.1 Å². The molecule has 0 amide bonds. The average molecular weight is 757 g/mol.